The first-order chi connectivity index (χ1) is 10.1. The van der Waals surface area contributed by atoms with Gasteiger partial charge in [0.1, 0.15) is 0 Å². The van der Waals surface area contributed by atoms with Crippen molar-refractivity contribution >= 4 is 5.97 Å². The fraction of sp³-hybridized carbons (Fsp3) is 0.588. The van der Waals surface area contributed by atoms with Gasteiger partial charge in [0.2, 0.25) is 0 Å². The summed E-state index contributed by atoms with van der Waals surface area (Å²) in [4.78, 5) is 14.7. The number of benzene rings is 1. The lowest BCUT2D eigenvalue weighted by atomic mass is 9.89. The number of ether oxygens (including phenoxy) is 1. The van der Waals surface area contributed by atoms with E-state index in [1.54, 1.807) is 0 Å². The largest absolute Gasteiger partial charge is 0.467 e. The van der Waals surface area contributed by atoms with Gasteiger partial charge in [-0.15, -0.1) is 0 Å². The van der Waals surface area contributed by atoms with Crippen LogP contribution in [0, 0.1) is 0 Å². The van der Waals surface area contributed by atoms with Crippen LogP contribution in [0.1, 0.15) is 38.2 Å². The minimum Gasteiger partial charge on any atom is -0.467 e. The molecule has 1 aliphatic rings. The lowest BCUT2D eigenvalue weighted by molar-refractivity contribution is -0.148. The fourth-order valence-corrected chi connectivity index (χ4v) is 3.28. The quantitative estimate of drug-likeness (QED) is 0.817. The molecule has 0 spiro atoms. The highest BCUT2D eigenvalue weighted by molar-refractivity contribution is 5.82. The molecule has 1 atom stereocenters. The molecule has 0 amide bonds. The number of carbonyl (C=O) groups is 1. The molecular weight excluding hydrogens is 264 g/mol. The molecule has 2 N–H and O–H groups in total. The Balaban J connectivity index is 2.25. The van der Waals surface area contributed by atoms with Crippen molar-refractivity contribution in [2.24, 2.45) is 5.73 Å². The van der Waals surface area contributed by atoms with Crippen molar-refractivity contribution in [3.8, 4) is 0 Å². The molecular formula is C17H26N2O2. The molecule has 1 saturated carbocycles. The van der Waals surface area contributed by atoms with E-state index < -0.39 is 5.54 Å². The molecule has 2 rings (SSSR count). The van der Waals surface area contributed by atoms with E-state index in [0.29, 0.717) is 12.6 Å². The van der Waals surface area contributed by atoms with Gasteiger partial charge in [0, 0.05) is 12.6 Å². The molecule has 0 heterocycles. The van der Waals surface area contributed by atoms with Crippen molar-refractivity contribution in [3.05, 3.63) is 35.9 Å². The Kier molecular flexibility index (Phi) is 5.37. The van der Waals surface area contributed by atoms with Crippen molar-refractivity contribution in [2.75, 3.05) is 20.2 Å². The number of nitrogens with two attached hydrogens (primary N) is 1. The van der Waals surface area contributed by atoms with Gasteiger partial charge in [0.25, 0.3) is 0 Å². The van der Waals surface area contributed by atoms with Crippen LogP contribution in [-0.4, -0.2) is 37.1 Å². The maximum absolute atomic E-state index is 12.3. The Bertz CT molecular complexity index is 457. The van der Waals surface area contributed by atoms with E-state index in [0.717, 1.165) is 12.1 Å². The second-order valence-electron chi connectivity index (χ2n) is 5.83. The van der Waals surface area contributed by atoms with Gasteiger partial charge in [0.15, 0.2) is 5.54 Å². The maximum Gasteiger partial charge on any atom is 0.331 e. The predicted molar refractivity (Wildman–Crippen MR) is 83.8 cm³/mol. The minimum atomic E-state index is -1.10. The number of rotatable bonds is 6. The first-order valence-electron chi connectivity index (χ1n) is 7.78. The van der Waals surface area contributed by atoms with Gasteiger partial charge >= 0.3 is 5.97 Å². The molecule has 0 aliphatic heterocycles. The van der Waals surface area contributed by atoms with E-state index in [2.05, 4.69) is 11.8 Å². The zero-order chi connectivity index (χ0) is 15.3. The van der Waals surface area contributed by atoms with Crippen LogP contribution in [0.25, 0.3) is 0 Å². The number of methoxy groups -OCH3 is 1. The monoisotopic (exact) mass is 290 g/mol. The van der Waals surface area contributed by atoms with Gasteiger partial charge in [-0.05, 0) is 24.9 Å². The summed E-state index contributed by atoms with van der Waals surface area (Å²) in [6.45, 7) is 3.53. The van der Waals surface area contributed by atoms with Crippen LogP contribution in [-0.2, 0) is 15.1 Å². The highest BCUT2D eigenvalue weighted by atomic mass is 16.5. The van der Waals surface area contributed by atoms with E-state index in [1.807, 2.05) is 30.3 Å². The van der Waals surface area contributed by atoms with E-state index >= 15 is 0 Å². The number of carbonyl (C=O) groups excluding carboxylic acids is 1. The molecule has 4 heteroatoms. The third-order valence-corrected chi connectivity index (χ3v) is 4.54. The van der Waals surface area contributed by atoms with Crippen LogP contribution in [0.4, 0.5) is 0 Å². The summed E-state index contributed by atoms with van der Waals surface area (Å²) in [5, 5.41) is 0. The molecule has 21 heavy (non-hydrogen) atoms. The van der Waals surface area contributed by atoms with E-state index in [1.165, 1.54) is 32.8 Å². The predicted octanol–water partition coefficient (Wildman–Crippen LogP) is 2.28. The lowest BCUT2D eigenvalue weighted by Gasteiger charge is -2.36. The topological polar surface area (TPSA) is 55.6 Å². The third-order valence-electron chi connectivity index (χ3n) is 4.54. The molecule has 0 radical (unpaired) electrons. The molecule has 1 aromatic carbocycles. The van der Waals surface area contributed by atoms with Gasteiger partial charge in [-0.25, -0.2) is 4.79 Å². The Hall–Kier alpha value is -1.39. The molecule has 116 valence electrons. The van der Waals surface area contributed by atoms with Gasteiger partial charge in [-0.3, -0.25) is 4.90 Å². The fourth-order valence-electron chi connectivity index (χ4n) is 3.28. The summed E-state index contributed by atoms with van der Waals surface area (Å²) in [5.41, 5.74) is 6.21. The molecule has 1 aliphatic carbocycles. The highest BCUT2D eigenvalue weighted by Gasteiger charge is 2.40. The average Bonchev–Trinajstić information content (AvgIpc) is 3.06. The number of likely N-dealkylation sites (N-methyl/N-ethyl adjacent to an activating group) is 1. The molecule has 1 fully saturated rings. The number of hydrogen-bond donors (Lipinski definition) is 1. The zero-order valence-electron chi connectivity index (χ0n) is 13.0. The SMILES string of the molecule is CCN(CC(N)(C(=O)OC)c1ccccc1)C1CCCC1. The first-order valence-corrected chi connectivity index (χ1v) is 7.78. The van der Waals surface area contributed by atoms with Crippen LogP contribution >= 0.6 is 0 Å². The van der Waals surface area contributed by atoms with Crippen molar-refractivity contribution in [3.63, 3.8) is 0 Å². The van der Waals surface area contributed by atoms with Gasteiger partial charge in [-0.1, -0.05) is 50.1 Å². The van der Waals surface area contributed by atoms with E-state index in [4.69, 9.17) is 10.5 Å². The minimum absolute atomic E-state index is 0.370. The van der Waals surface area contributed by atoms with Crippen LogP contribution in [0.3, 0.4) is 0 Å². The highest BCUT2D eigenvalue weighted by Crippen LogP contribution is 2.28. The Labute approximate surface area is 127 Å². The Morgan fingerprint density at radius 1 is 1.33 bits per heavy atom. The van der Waals surface area contributed by atoms with Crippen molar-refractivity contribution < 1.29 is 9.53 Å². The summed E-state index contributed by atoms with van der Waals surface area (Å²) in [7, 11) is 1.40. The normalized spacial score (nSPS) is 18.7. The Morgan fingerprint density at radius 3 is 2.48 bits per heavy atom. The molecule has 4 nitrogen and oxygen atoms in total. The Morgan fingerprint density at radius 2 is 1.95 bits per heavy atom. The number of nitrogens with zero attached hydrogens (tertiary/aromatic N) is 1. The second-order valence-corrected chi connectivity index (χ2v) is 5.83. The van der Waals surface area contributed by atoms with Crippen molar-refractivity contribution in [1.29, 1.82) is 0 Å². The lowest BCUT2D eigenvalue weighted by Crippen LogP contribution is -2.55. The van der Waals surface area contributed by atoms with Gasteiger partial charge in [-0.2, -0.15) is 0 Å². The maximum atomic E-state index is 12.3. The molecule has 1 aromatic rings. The summed E-state index contributed by atoms with van der Waals surface area (Å²) >= 11 is 0. The summed E-state index contributed by atoms with van der Waals surface area (Å²) in [6.07, 6.45) is 4.92. The van der Waals surface area contributed by atoms with Crippen molar-refractivity contribution in [2.45, 2.75) is 44.2 Å². The van der Waals surface area contributed by atoms with Crippen molar-refractivity contribution in [1.82, 2.24) is 4.90 Å². The van der Waals surface area contributed by atoms with Crippen LogP contribution in [0.5, 0.6) is 0 Å². The van der Waals surface area contributed by atoms with Crippen LogP contribution in [0.2, 0.25) is 0 Å². The summed E-state index contributed by atoms with van der Waals surface area (Å²) < 4.78 is 4.99. The first kappa shape index (κ1) is 16.0. The standard InChI is InChI=1S/C17H26N2O2/c1-3-19(15-11-7-8-12-15)13-17(18,16(20)21-2)14-9-5-4-6-10-14/h4-6,9-10,15H,3,7-8,11-13,18H2,1-2H3. The van der Waals surface area contributed by atoms with Crippen LogP contribution in [0.15, 0.2) is 30.3 Å². The molecule has 0 saturated heterocycles. The molecule has 0 aromatic heterocycles. The number of esters is 1. The van der Waals surface area contributed by atoms with E-state index in [9.17, 15) is 4.79 Å². The van der Waals surface area contributed by atoms with Gasteiger partial charge < -0.3 is 10.5 Å². The second kappa shape index (κ2) is 7.05. The average molecular weight is 290 g/mol. The summed E-state index contributed by atoms with van der Waals surface area (Å²) in [6, 6.07) is 10.1. The van der Waals surface area contributed by atoms with Gasteiger partial charge in [0.05, 0.1) is 7.11 Å². The number of hydrogen-bond acceptors (Lipinski definition) is 4. The third kappa shape index (κ3) is 3.44. The molecule has 1 unspecified atom stereocenters. The summed E-state index contributed by atoms with van der Waals surface area (Å²) in [5.74, 6) is -0.370. The zero-order valence-corrected chi connectivity index (χ0v) is 13.0. The smallest absolute Gasteiger partial charge is 0.331 e. The van der Waals surface area contributed by atoms with E-state index in [-0.39, 0.29) is 5.97 Å². The molecule has 0 bridgehead atoms. The van der Waals surface area contributed by atoms with Crippen LogP contribution < -0.4 is 5.73 Å².